The molecule has 1 saturated carbocycles. The standard InChI is InChI=1S/C19H38N2/c1-4-6-17-9-13-21(14-10-17)19(15-20)11-5-7-18(8-12-19)16(2)3/h16-18H,4-15,20H2,1-3H3. The van der Waals surface area contributed by atoms with Crippen molar-refractivity contribution >= 4 is 0 Å². The van der Waals surface area contributed by atoms with Crippen LogP contribution in [-0.4, -0.2) is 30.1 Å². The molecule has 124 valence electrons. The van der Waals surface area contributed by atoms with Gasteiger partial charge in [0.1, 0.15) is 0 Å². The molecule has 0 radical (unpaired) electrons. The number of rotatable bonds is 5. The van der Waals surface area contributed by atoms with Crippen molar-refractivity contribution in [1.29, 1.82) is 0 Å². The van der Waals surface area contributed by atoms with E-state index in [1.807, 2.05) is 0 Å². The van der Waals surface area contributed by atoms with Crippen LogP contribution < -0.4 is 5.73 Å². The Hall–Kier alpha value is -0.0800. The van der Waals surface area contributed by atoms with E-state index in [2.05, 4.69) is 25.7 Å². The molecule has 21 heavy (non-hydrogen) atoms. The summed E-state index contributed by atoms with van der Waals surface area (Å²) in [6.45, 7) is 10.6. The molecule has 0 amide bonds. The third-order valence-corrected chi connectivity index (χ3v) is 6.50. The number of hydrogen-bond acceptors (Lipinski definition) is 2. The molecule has 2 heteroatoms. The minimum atomic E-state index is 0.334. The summed E-state index contributed by atoms with van der Waals surface area (Å²) in [7, 11) is 0. The average molecular weight is 295 g/mol. The Bertz CT molecular complexity index is 294. The van der Waals surface area contributed by atoms with E-state index in [0.717, 1.165) is 24.3 Å². The molecule has 0 bridgehead atoms. The molecule has 1 aliphatic carbocycles. The van der Waals surface area contributed by atoms with Gasteiger partial charge in [-0.1, -0.05) is 46.5 Å². The number of likely N-dealkylation sites (tertiary alicyclic amines) is 1. The lowest BCUT2D eigenvalue weighted by Crippen LogP contribution is -2.56. The first-order valence-corrected chi connectivity index (χ1v) is 9.56. The summed E-state index contributed by atoms with van der Waals surface area (Å²) in [6, 6.07) is 0. The van der Waals surface area contributed by atoms with Crippen LogP contribution in [0, 0.1) is 17.8 Å². The fourth-order valence-corrected chi connectivity index (χ4v) is 4.84. The van der Waals surface area contributed by atoms with Crippen molar-refractivity contribution in [3.63, 3.8) is 0 Å². The maximum atomic E-state index is 6.31. The highest BCUT2D eigenvalue weighted by Crippen LogP contribution is 2.39. The Morgan fingerprint density at radius 1 is 1.10 bits per heavy atom. The molecule has 2 nitrogen and oxygen atoms in total. The van der Waals surface area contributed by atoms with Crippen molar-refractivity contribution < 1.29 is 0 Å². The lowest BCUT2D eigenvalue weighted by Gasteiger charge is -2.47. The molecule has 0 spiro atoms. The summed E-state index contributed by atoms with van der Waals surface area (Å²) in [5, 5.41) is 0. The molecule has 1 aliphatic heterocycles. The second-order valence-corrected chi connectivity index (χ2v) is 8.08. The molecule has 0 aromatic rings. The molecule has 2 atom stereocenters. The summed E-state index contributed by atoms with van der Waals surface area (Å²) < 4.78 is 0. The molecule has 2 fully saturated rings. The van der Waals surface area contributed by atoms with E-state index in [1.54, 1.807) is 0 Å². The summed E-state index contributed by atoms with van der Waals surface area (Å²) in [5.41, 5.74) is 6.65. The molecule has 2 aliphatic rings. The van der Waals surface area contributed by atoms with E-state index in [9.17, 15) is 0 Å². The summed E-state index contributed by atoms with van der Waals surface area (Å²) in [5.74, 6) is 2.75. The van der Waals surface area contributed by atoms with Crippen LogP contribution in [0.5, 0.6) is 0 Å². The van der Waals surface area contributed by atoms with Crippen molar-refractivity contribution in [2.45, 2.75) is 84.1 Å². The van der Waals surface area contributed by atoms with Crippen molar-refractivity contribution in [3.05, 3.63) is 0 Å². The first kappa shape index (κ1) is 17.3. The monoisotopic (exact) mass is 294 g/mol. The van der Waals surface area contributed by atoms with Crippen molar-refractivity contribution in [3.8, 4) is 0 Å². The molecule has 2 N–H and O–H groups in total. The molecule has 1 heterocycles. The highest BCUT2D eigenvalue weighted by atomic mass is 15.2. The highest BCUT2D eigenvalue weighted by Gasteiger charge is 2.39. The molecule has 0 aromatic carbocycles. The largest absolute Gasteiger partial charge is 0.329 e. The highest BCUT2D eigenvalue weighted by molar-refractivity contribution is 4.96. The first-order chi connectivity index (χ1) is 10.1. The predicted molar refractivity (Wildman–Crippen MR) is 92.4 cm³/mol. The second kappa shape index (κ2) is 7.97. The topological polar surface area (TPSA) is 29.3 Å². The first-order valence-electron chi connectivity index (χ1n) is 9.56. The number of hydrogen-bond donors (Lipinski definition) is 1. The van der Waals surface area contributed by atoms with Gasteiger partial charge in [0, 0.05) is 12.1 Å². The van der Waals surface area contributed by atoms with E-state index in [0.29, 0.717) is 5.54 Å². The zero-order chi connectivity index (χ0) is 15.3. The van der Waals surface area contributed by atoms with Crippen molar-refractivity contribution in [2.24, 2.45) is 23.5 Å². The van der Waals surface area contributed by atoms with Crippen LogP contribution in [0.2, 0.25) is 0 Å². The molecule has 2 rings (SSSR count). The summed E-state index contributed by atoms with van der Waals surface area (Å²) >= 11 is 0. The summed E-state index contributed by atoms with van der Waals surface area (Å²) in [6.07, 6.45) is 12.5. The van der Waals surface area contributed by atoms with Gasteiger partial charge in [-0.15, -0.1) is 0 Å². The van der Waals surface area contributed by atoms with E-state index >= 15 is 0 Å². The van der Waals surface area contributed by atoms with Crippen LogP contribution in [0.15, 0.2) is 0 Å². The van der Waals surface area contributed by atoms with E-state index in [4.69, 9.17) is 5.73 Å². The number of nitrogens with two attached hydrogens (primary N) is 1. The Labute approximate surface area is 132 Å². The Morgan fingerprint density at radius 2 is 1.81 bits per heavy atom. The van der Waals surface area contributed by atoms with Gasteiger partial charge in [0.2, 0.25) is 0 Å². The van der Waals surface area contributed by atoms with Crippen molar-refractivity contribution in [1.82, 2.24) is 4.90 Å². The van der Waals surface area contributed by atoms with Crippen LogP contribution in [0.4, 0.5) is 0 Å². The lowest BCUT2D eigenvalue weighted by atomic mass is 9.82. The van der Waals surface area contributed by atoms with Crippen molar-refractivity contribution in [2.75, 3.05) is 19.6 Å². The maximum absolute atomic E-state index is 6.31. The van der Waals surface area contributed by atoms with Crippen LogP contribution in [0.3, 0.4) is 0 Å². The fraction of sp³-hybridized carbons (Fsp3) is 1.00. The fourth-order valence-electron chi connectivity index (χ4n) is 4.84. The van der Waals surface area contributed by atoms with Gasteiger partial charge < -0.3 is 5.73 Å². The van der Waals surface area contributed by atoms with Gasteiger partial charge in [-0.05, 0) is 62.9 Å². The van der Waals surface area contributed by atoms with E-state index in [-0.39, 0.29) is 0 Å². The Balaban J connectivity index is 1.95. The minimum absolute atomic E-state index is 0.334. The van der Waals surface area contributed by atoms with Gasteiger partial charge in [-0.25, -0.2) is 0 Å². The quantitative estimate of drug-likeness (QED) is 0.760. The Morgan fingerprint density at radius 3 is 2.38 bits per heavy atom. The third-order valence-electron chi connectivity index (χ3n) is 6.50. The van der Waals surface area contributed by atoms with Gasteiger partial charge in [0.15, 0.2) is 0 Å². The molecule has 2 unspecified atom stereocenters. The van der Waals surface area contributed by atoms with Crippen LogP contribution >= 0.6 is 0 Å². The van der Waals surface area contributed by atoms with Gasteiger partial charge >= 0.3 is 0 Å². The lowest BCUT2D eigenvalue weighted by molar-refractivity contribution is 0.0401. The van der Waals surface area contributed by atoms with Crippen LogP contribution in [0.1, 0.15) is 78.6 Å². The maximum Gasteiger partial charge on any atom is 0.0331 e. The minimum Gasteiger partial charge on any atom is -0.329 e. The van der Waals surface area contributed by atoms with Crippen LogP contribution in [-0.2, 0) is 0 Å². The molecule has 0 aromatic heterocycles. The SMILES string of the molecule is CCCC1CCN(C2(CN)CCCC(C(C)C)CC2)CC1. The van der Waals surface area contributed by atoms with Gasteiger partial charge in [-0.2, -0.15) is 0 Å². The van der Waals surface area contributed by atoms with Gasteiger partial charge in [-0.3, -0.25) is 4.90 Å². The molecule has 1 saturated heterocycles. The summed E-state index contributed by atoms with van der Waals surface area (Å²) in [4.78, 5) is 2.79. The zero-order valence-corrected chi connectivity index (χ0v) is 14.7. The van der Waals surface area contributed by atoms with E-state index < -0.39 is 0 Å². The normalized spacial score (nSPS) is 33.3. The number of piperidine rings is 1. The average Bonchev–Trinajstić information content (AvgIpc) is 2.72. The van der Waals surface area contributed by atoms with Crippen LogP contribution in [0.25, 0.3) is 0 Å². The Kier molecular flexibility index (Phi) is 6.55. The third kappa shape index (κ3) is 4.22. The second-order valence-electron chi connectivity index (χ2n) is 8.08. The molecular formula is C19H38N2. The van der Waals surface area contributed by atoms with E-state index in [1.165, 1.54) is 70.9 Å². The van der Waals surface area contributed by atoms with Gasteiger partial charge in [0.25, 0.3) is 0 Å². The number of nitrogens with zero attached hydrogens (tertiary/aromatic N) is 1. The van der Waals surface area contributed by atoms with Gasteiger partial charge in [0.05, 0.1) is 0 Å². The zero-order valence-electron chi connectivity index (χ0n) is 14.7. The smallest absolute Gasteiger partial charge is 0.0331 e. The molecular weight excluding hydrogens is 256 g/mol. The predicted octanol–water partition coefficient (Wildman–Crippen LogP) is 4.43.